The van der Waals surface area contributed by atoms with E-state index in [4.69, 9.17) is 14.2 Å². The van der Waals surface area contributed by atoms with Crippen LogP contribution in [0.15, 0.2) is 23.7 Å². The van der Waals surface area contributed by atoms with Gasteiger partial charge in [0.25, 0.3) is 0 Å². The zero-order valence-electron chi connectivity index (χ0n) is 15.2. The first-order chi connectivity index (χ1) is 11.2. The molecule has 0 aromatic carbocycles. The highest BCUT2D eigenvalue weighted by atomic mass is 16.6. The SMILES string of the molecule is C=C1[C@H]2CCC[C@@H]2[C@]2(O)C(OC(C)C)=C(OC(C)C)C(=O)[C@]12OC. The number of hydrogen-bond acceptors (Lipinski definition) is 5. The molecule has 3 aliphatic carbocycles. The van der Waals surface area contributed by atoms with Crippen LogP contribution in [0.5, 0.6) is 0 Å². The van der Waals surface area contributed by atoms with Crippen molar-refractivity contribution in [2.24, 2.45) is 11.8 Å². The van der Waals surface area contributed by atoms with E-state index >= 15 is 0 Å². The molecule has 1 N–H and O–H groups in total. The standard InChI is InChI=1S/C19H28O5/c1-10(2)23-15-16(20)19(22-6)12(5)13-8-7-9-14(13)18(19,21)17(15)24-11(3)4/h10-11,13-14,21H,5,7-9H2,1-4,6H3/t13-,14+,18+,19-/m1/s1. The van der Waals surface area contributed by atoms with E-state index < -0.39 is 11.2 Å². The molecule has 2 fully saturated rings. The summed E-state index contributed by atoms with van der Waals surface area (Å²) < 4.78 is 17.5. The summed E-state index contributed by atoms with van der Waals surface area (Å²) in [5, 5.41) is 11.8. The molecule has 0 aromatic rings. The van der Waals surface area contributed by atoms with Gasteiger partial charge in [0.2, 0.25) is 11.5 Å². The summed E-state index contributed by atoms with van der Waals surface area (Å²) in [6.07, 6.45) is 2.33. The quantitative estimate of drug-likeness (QED) is 0.782. The molecule has 0 heterocycles. The van der Waals surface area contributed by atoms with Crippen molar-refractivity contribution in [3.8, 4) is 0 Å². The normalized spacial score (nSPS) is 38.3. The van der Waals surface area contributed by atoms with E-state index in [0.29, 0.717) is 5.57 Å². The molecule has 0 amide bonds. The summed E-state index contributed by atoms with van der Waals surface area (Å²) in [6, 6.07) is 0. The summed E-state index contributed by atoms with van der Waals surface area (Å²) in [5.41, 5.74) is -2.37. The molecule has 5 heteroatoms. The molecular formula is C19H28O5. The van der Waals surface area contributed by atoms with Crippen LogP contribution >= 0.6 is 0 Å². The highest BCUT2D eigenvalue weighted by molar-refractivity contribution is 6.09. The Hall–Kier alpha value is -1.33. The van der Waals surface area contributed by atoms with Crippen molar-refractivity contribution >= 4 is 5.78 Å². The lowest BCUT2D eigenvalue weighted by molar-refractivity contribution is -0.163. The molecule has 3 aliphatic rings. The maximum Gasteiger partial charge on any atom is 0.240 e. The number of ether oxygens (including phenoxy) is 3. The van der Waals surface area contributed by atoms with Gasteiger partial charge in [-0.25, -0.2) is 0 Å². The van der Waals surface area contributed by atoms with Gasteiger partial charge in [-0.3, -0.25) is 4.79 Å². The van der Waals surface area contributed by atoms with Crippen molar-refractivity contribution in [3.05, 3.63) is 23.7 Å². The van der Waals surface area contributed by atoms with Crippen LogP contribution in [-0.4, -0.2) is 41.4 Å². The lowest BCUT2D eigenvalue weighted by Crippen LogP contribution is -2.57. The maximum atomic E-state index is 13.3. The van der Waals surface area contributed by atoms with Crippen molar-refractivity contribution < 1.29 is 24.1 Å². The van der Waals surface area contributed by atoms with Gasteiger partial charge >= 0.3 is 0 Å². The minimum absolute atomic E-state index is 0.0743. The smallest absolute Gasteiger partial charge is 0.240 e. The van der Waals surface area contributed by atoms with E-state index in [1.54, 1.807) is 0 Å². The molecule has 0 saturated heterocycles. The first kappa shape index (κ1) is 17.5. The number of Topliss-reactive ketones (excluding diaryl/α,β-unsaturated/α-hetero) is 1. The molecule has 24 heavy (non-hydrogen) atoms. The summed E-state index contributed by atoms with van der Waals surface area (Å²) in [7, 11) is 1.46. The summed E-state index contributed by atoms with van der Waals surface area (Å²) in [6.45, 7) is 11.6. The lowest BCUT2D eigenvalue weighted by atomic mass is 9.80. The number of hydrogen-bond donors (Lipinski definition) is 1. The second kappa shape index (κ2) is 5.60. The molecule has 0 aromatic heterocycles. The number of carbonyl (C=O) groups is 1. The zero-order chi connectivity index (χ0) is 17.9. The fourth-order valence-corrected chi connectivity index (χ4v) is 4.83. The van der Waals surface area contributed by atoms with Gasteiger partial charge in [-0.05, 0) is 52.0 Å². The fraction of sp³-hybridized carbons (Fsp3) is 0.737. The van der Waals surface area contributed by atoms with E-state index in [1.807, 2.05) is 27.7 Å². The van der Waals surface area contributed by atoms with Gasteiger partial charge in [-0.2, -0.15) is 0 Å². The molecule has 5 nitrogen and oxygen atoms in total. The molecule has 0 spiro atoms. The van der Waals surface area contributed by atoms with Crippen molar-refractivity contribution in [1.82, 2.24) is 0 Å². The number of fused-ring (bicyclic) bond motifs is 3. The molecule has 0 bridgehead atoms. The molecule has 2 saturated carbocycles. The predicted octanol–water partition coefficient (Wildman–Crippen LogP) is 2.73. The van der Waals surface area contributed by atoms with Crippen LogP contribution in [-0.2, 0) is 19.0 Å². The fourth-order valence-electron chi connectivity index (χ4n) is 4.83. The average Bonchev–Trinajstić information content (AvgIpc) is 3.09. The van der Waals surface area contributed by atoms with Crippen molar-refractivity contribution in [3.63, 3.8) is 0 Å². The van der Waals surface area contributed by atoms with Crippen molar-refractivity contribution in [2.45, 2.75) is 70.4 Å². The van der Waals surface area contributed by atoms with E-state index in [9.17, 15) is 9.90 Å². The number of carbonyl (C=O) groups excluding carboxylic acids is 1. The molecule has 4 atom stereocenters. The van der Waals surface area contributed by atoms with Gasteiger partial charge < -0.3 is 19.3 Å². The van der Waals surface area contributed by atoms with Crippen LogP contribution in [0.2, 0.25) is 0 Å². The highest BCUT2D eigenvalue weighted by Crippen LogP contribution is 2.65. The van der Waals surface area contributed by atoms with E-state index in [2.05, 4.69) is 6.58 Å². The Morgan fingerprint density at radius 3 is 2.33 bits per heavy atom. The Kier molecular flexibility index (Phi) is 4.08. The van der Waals surface area contributed by atoms with E-state index in [0.717, 1.165) is 19.3 Å². The Balaban J connectivity index is 2.21. The monoisotopic (exact) mass is 336 g/mol. The average molecular weight is 336 g/mol. The Morgan fingerprint density at radius 2 is 1.79 bits per heavy atom. The van der Waals surface area contributed by atoms with Gasteiger partial charge in [0.15, 0.2) is 17.0 Å². The minimum atomic E-state index is -1.54. The van der Waals surface area contributed by atoms with Gasteiger partial charge in [-0.1, -0.05) is 13.0 Å². The van der Waals surface area contributed by atoms with Crippen molar-refractivity contribution in [1.29, 1.82) is 0 Å². The first-order valence-corrected chi connectivity index (χ1v) is 8.81. The van der Waals surface area contributed by atoms with Gasteiger partial charge in [0, 0.05) is 13.0 Å². The molecular weight excluding hydrogens is 308 g/mol. The second-order valence-corrected chi connectivity index (χ2v) is 7.64. The van der Waals surface area contributed by atoms with Crippen LogP contribution in [0.1, 0.15) is 47.0 Å². The third-order valence-electron chi connectivity index (χ3n) is 5.58. The number of ketones is 1. The van der Waals surface area contributed by atoms with Crippen LogP contribution in [0.25, 0.3) is 0 Å². The summed E-state index contributed by atoms with van der Waals surface area (Å²) >= 11 is 0. The summed E-state index contributed by atoms with van der Waals surface area (Å²) in [5.74, 6) is -0.0967. The number of methoxy groups -OCH3 is 1. The van der Waals surface area contributed by atoms with Crippen LogP contribution in [0.4, 0.5) is 0 Å². The number of aliphatic hydroxyl groups is 1. The highest BCUT2D eigenvalue weighted by Gasteiger charge is 2.78. The van der Waals surface area contributed by atoms with Crippen LogP contribution in [0, 0.1) is 11.8 Å². The Bertz CT molecular complexity index is 605. The van der Waals surface area contributed by atoms with Gasteiger partial charge in [0.05, 0.1) is 12.2 Å². The van der Waals surface area contributed by atoms with Crippen LogP contribution < -0.4 is 0 Å². The zero-order valence-corrected chi connectivity index (χ0v) is 15.2. The largest absolute Gasteiger partial charge is 0.488 e. The Morgan fingerprint density at radius 1 is 1.17 bits per heavy atom. The molecule has 0 radical (unpaired) electrons. The number of rotatable bonds is 5. The van der Waals surface area contributed by atoms with Gasteiger partial charge in [0.1, 0.15) is 0 Å². The predicted molar refractivity (Wildman–Crippen MR) is 89.1 cm³/mol. The third-order valence-corrected chi connectivity index (χ3v) is 5.58. The maximum absolute atomic E-state index is 13.3. The van der Waals surface area contributed by atoms with Crippen molar-refractivity contribution in [2.75, 3.05) is 7.11 Å². The van der Waals surface area contributed by atoms with E-state index in [-0.39, 0.29) is 41.3 Å². The third kappa shape index (κ3) is 1.91. The van der Waals surface area contributed by atoms with Crippen LogP contribution in [0.3, 0.4) is 0 Å². The Labute approximate surface area is 143 Å². The van der Waals surface area contributed by atoms with E-state index in [1.165, 1.54) is 7.11 Å². The lowest BCUT2D eigenvalue weighted by Gasteiger charge is -2.38. The molecule has 134 valence electrons. The minimum Gasteiger partial charge on any atom is -0.488 e. The second-order valence-electron chi connectivity index (χ2n) is 7.64. The summed E-state index contributed by atoms with van der Waals surface area (Å²) in [4.78, 5) is 13.3. The molecule has 0 unspecified atom stereocenters. The molecule has 0 aliphatic heterocycles. The molecule has 3 rings (SSSR count). The van der Waals surface area contributed by atoms with Gasteiger partial charge in [-0.15, -0.1) is 0 Å². The first-order valence-electron chi connectivity index (χ1n) is 8.81. The topological polar surface area (TPSA) is 65.0 Å².